The molecule has 0 atom stereocenters. The van der Waals surface area contributed by atoms with Crippen LogP contribution >= 0.6 is 34.7 Å². The summed E-state index contributed by atoms with van der Waals surface area (Å²) in [6.45, 7) is 1.50. The van der Waals surface area contributed by atoms with Crippen LogP contribution in [0.1, 0.15) is 18.5 Å². The van der Waals surface area contributed by atoms with Gasteiger partial charge in [0.15, 0.2) is 11.7 Å². The number of thioether (sulfide) groups is 1. The summed E-state index contributed by atoms with van der Waals surface area (Å²) in [5.41, 5.74) is 0.866. The van der Waals surface area contributed by atoms with E-state index in [-0.39, 0.29) is 18.2 Å². The topological polar surface area (TPSA) is 81.4 Å². The minimum Gasteiger partial charge on any atom is -0.484 e. The maximum absolute atomic E-state index is 14.2. The first kappa shape index (κ1) is 22.3. The molecular weight excluding hydrogens is 475 g/mol. The Labute approximate surface area is 196 Å². The molecule has 2 aromatic heterocycles. The number of anilines is 2. The third kappa shape index (κ3) is 5.45. The normalized spacial score (nSPS) is 10.8. The molecule has 0 unspecified atom stereocenters. The summed E-state index contributed by atoms with van der Waals surface area (Å²) in [6, 6.07) is 13.0. The van der Waals surface area contributed by atoms with Crippen LogP contribution in [-0.2, 0) is 17.2 Å². The number of aromatic nitrogens is 3. The predicted molar refractivity (Wildman–Crippen MR) is 121 cm³/mol. The van der Waals surface area contributed by atoms with Gasteiger partial charge < -0.3 is 9.15 Å². The Hall–Kier alpha value is -2.95. The molecule has 0 radical (unpaired) electrons. The van der Waals surface area contributed by atoms with Gasteiger partial charge >= 0.3 is 0 Å². The van der Waals surface area contributed by atoms with E-state index in [0.717, 1.165) is 0 Å². The number of thiazole rings is 1. The number of benzene rings is 2. The average Bonchev–Trinajstić information content (AvgIpc) is 3.43. The van der Waals surface area contributed by atoms with Gasteiger partial charge in [0.2, 0.25) is 5.91 Å². The number of ether oxygens (including phenoxy) is 1. The molecule has 11 heteroatoms. The van der Waals surface area contributed by atoms with E-state index in [9.17, 15) is 9.18 Å². The fourth-order valence-electron chi connectivity index (χ4n) is 2.67. The molecule has 0 bridgehead atoms. The smallest absolute Gasteiger partial charge is 0.277 e. The Bertz CT molecular complexity index is 1220. The van der Waals surface area contributed by atoms with Crippen molar-refractivity contribution < 1.29 is 18.3 Å². The van der Waals surface area contributed by atoms with Gasteiger partial charge in [-0.25, -0.2) is 9.37 Å². The number of nitrogens with zero attached hydrogens (tertiary/aromatic N) is 4. The zero-order valence-electron chi connectivity index (χ0n) is 16.7. The van der Waals surface area contributed by atoms with Crippen molar-refractivity contribution in [2.45, 2.75) is 24.5 Å². The lowest BCUT2D eigenvalue weighted by atomic mass is 10.3. The van der Waals surface area contributed by atoms with Gasteiger partial charge in [0.1, 0.15) is 11.6 Å². The van der Waals surface area contributed by atoms with Crippen molar-refractivity contribution in [1.82, 2.24) is 15.2 Å². The Kier molecular flexibility index (Phi) is 7.03. The zero-order chi connectivity index (χ0) is 22.5. The van der Waals surface area contributed by atoms with E-state index in [1.54, 1.807) is 47.8 Å². The van der Waals surface area contributed by atoms with Crippen LogP contribution in [0.4, 0.5) is 15.2 Å². The summed E-state index contributed by atoms with van der Waals surface area (Å²) in [4.78, 5) is 17.9. The van der Waals surface area contributed by atoms with E-state index in [1.165, 1.54) is 41.0 Å². The lowest BCUT2D eigenvalue weighted by molar-refractivity contribution is -0.115. The lowest BCUT2D eigenvalue weighted by Gasteiger charge is -2.18. The van der Waals surface area contributed by atoms with Crippen LogP contribution < -0.4 is 9.64 Å². The average molecular weight is 491 g/mol. The van der Waals surface area contributed by atoms with E-state index >= 15 is 0 Å². The molecule has 4 rings (SSSR count). The number of carbonyl (C=O) groups excluding carboxylic acids is 1. The minimum absolute atomic E-state index is 0.131. The second-order valence-electron chi connectivity index (χ2n) is 6.42. The number of amides is 1. The molecule has 0 aliphatic heterocycles. The van der Waals surface area contributed by atoms with Crippen LogP contribution in [0.15, 0.2) is 63.6 Å². The molecule has 0 aliphatic carbocycles. The molecule has 0 saturated carbocycles. The molecule has 2 heterocycles. The highest BCUT2D eigenvalue weighted by molar-refractivity contribution is 7.98. The molecule has 0 N–H and O–H groups in total. The second-order valence-corrected chi connectivity index (χ2v) is 8.62. The van der Waals surface area contributed by atoms with Gasteiger partial charge in [-0.05, 0) is 36.4 Å². The van der Waals surface area contributed by atoms with Gasteiger partial charge in [0, 0.05) is 23.1 Å². The summed E-state index contributed by atoms with van der Waals surface area (Å²) in [5.74, 6) is 0.600. The number of halogens is 2. The van der Waals surface area contributed by atoms with Crippen LogP contribution in [0.3, 0.4) is 0 Å². The highest BCUT2D eigenvalue weighted by Crippen LogP contribution is 2.32. The number of para-hydroxylation sites is 1. The minimum atomic E-state index is -0.493. The van der Waals surface area contributed by atoms with Crippen molar-refractivity contribution in [3.05, 3.63) is 76.3 Å². The maximum Gasteiger partial charge on any atom is 0.277 e. The first-order valence-corrected chi connectivity index (χ1v) is 11.6. The fourth-order valence-corrected chi connectivity index (χ4v) is 4.46. The SMILES string of the molecule is CC(=O)N(c1nc(CSc2nnc(COc3ccc(Cl)cc3)o2)cs1)c1ccccc1F. The highest BCUT2D eigenvalue weighted by Gasteiger charge is 2.21. The van der Waals surface area contributed by atoms with Crippen molar-refractivity contribution in [1.29, 1.82) is 0 Å². The Balaban J connectivity index is 1.36. The monoisotopic (exact) mass is 490 g/mol. The van der Waals surface area contributed by atoms with Gasteiger partial charge in [-0.1, -0.05) is 35.5 Å². The summed E-state index contributed by atoms with van der Waals surface area (Å²) < 4.78 is 25.4. The van der Waals surface area contributed by atoms with E-state index < -0.39 is 5.82 Å². The third-order valence-corrected chi connectivity index (χ3v) is 6.09. The molecule has 1 amide bonds. The van der Waals surface area contributed by atoms with E-state index in [0.29, 0.717) is 38.5 Å². The predicted octanol–water partition coefficient (Wildman–Crippen LogP) is 5.87. The van der Waals surface area contributed by atoms with E-state index in [2.05, 4.69) is 15.2 Å². The molecule has 0 fully saturated rings. The van der Waals surface area contributed by atoms with Crippen LogP contribution in [0.5, 0.6) is 5.75 Å². The Morgan fingerprint density at radius 2 is 2.00 bits per heavy atom. The second kappa shape index (κ2) is 10.1. The molecule has 2 aromatic carbocycles. The third-order valence-electron chi connectivity index (χ3n) is 4.11. The van der Waals surface area contributed by atoms with Crippen LogP contribution in [0.25, 0.3) is 0 Å². The largest absolute Gasteiger partial charge is 0.484 e. The van der Waals surface area contributed by atoms with Crippen LogP contribution in [-0.4, -0.2) is 21.1 Å². The Morgan fingerprint density at radius 3 is 2.75 bits per heavy atom. The molecule has 7 nitrogen and oxygen atoms in total. The Morgan fingerprint density at radius 1 is 1.22 bits per heavy atom. The summed E-state index contributed by atoms with van der Waals surface area (Å²) in [6.07, 6.45) is 0. The summed E-state index contributed by atoms with van der Waals surface area (Å²) >= 11 is 8.41. The summed E-state index contributed by atoms with van der Waals surface area (Å²) in [7, 11) is 0. The van der Waals surface area contributed by atoms with Crippen molar-refractivity contribution in [2.75, 3.05) is 4.90 Å². The number of hydrogen-bond donors (Lipinski definition) is 0. The van der Waals surface area contributed by atoms with E-state index in [1.807, 2.05) is 0 Å². The first-order valence-electron chi connectivity index (χ1n) is 9.33. The zero-order valence-corrected chi connectivity index (χ0v) is 19.1. The molecule has 0 saturated heterocycles. The fraction of sp³-hybridized carbons (Fsp3) is 0.143. The standard InChI is InChI=1S/C21H16ClFN4O3S2/c1-13(28)27(18-5-3-2-4-17(18)23)20-24-15(11-31-20)12-32-21-26-25-19(30-21)10-29-16-8-6-14(22)7-9-16/h2-9,11H,10,12H2,1H3. The lowest BCUT2D eigenvalue weighted by Crippen LogP contribution is -2.23. The summed E-state index contributed by atoms with van der Waals surface area (Å²) in [5, 5.41) is 11.1. The maximum atomic E-state index is 14.2. The first-order chi connectivity index (χ1) is 15.5. The molecule has 32 heavy (non-hydrogen) atoms. The van der Waals surface area contributed by atoms with Gasteiger partial charge in [-0.15, -0.1) is 21.5 Å². The van der Waals surface area contributed by atoms with Gasteiger partial charge in [0.25, 0.3) is 11.1 Å². The number of carbonyl (C=O) groups is 1. The van der Waals surface area contributed by atoms with Crippen molar-refractivity contribution in [3.63, 3.8) is 0 Å². The molecule has 164 valence electrons. The number of hydrogen-bond acceptors (Lipinski definition) is 8. The van der Waals surface area contributed by atoms with Crippen LogP contribution in [0.2, 0.25) is 5.02 Å². The highest BCUT2D eigenvalue weighted by atomic mass is 35.5. The molecule has 4 aromatic rings. The van der Waals surface area contributed by atoms with Crippen LogP contribution in [0, 0.1) is 5.82 Å². The van der Waals surface area contributed by atoms with Gasteiger partial charge in [-0.2, -0.15) is 0 Å². The van der Waals surface area contributed by atoms with E-state index in [4.69, 9.17) is 20.8 Å². The van der Waals surface area contributed by atoms with Crippen molar-refractivity contribution >= 4 is 51.4 Å². The molecule has 0 aliphatic rings. The van der Waals surface area contributed by atoms with Crippen molar-refractivity contribution in [2.24, 2.45) is 0 Å². The quantitative estimate of drug-likeness (QED) is 0.285. The van der Waals surface area contributed by atoms with Gasteiger partial charge in [0.05, 0.1) is 11.4 Å². The molecule has 0 spiro atoms. The molecular formula is C21H16ClFN4O3S2. The van der Waals surface area contributed by atoms with Gasteiger partial charge in [-0.3, -0.25) is 9.69 Å². The van der Waals surface area contributed by atoms with Crippen molar-refractivity contribution in [3.8, 4) is 5.75 Å². The number of rotatable bonds is 8.